The molecule has 0 bridgehead atoms. The molecule has 1 aromatic rings. The highest BCUT2D eigenvalue weighted by Gasteiger charge is 2.51. The zero-order chi connectivity index (χ0) is 29.7. The van der Waals surface area contributed by atoms with Gasteiger partial charge in [0.05, 0.1) is 0 Å². The second-order valence-corrected chi connectivity index (χ2v) is 11.2. The Balaban J connectivity index is 2.21. The van der Waals surface area contributed by atoms with Crippen molar-refractivity contribution in [3.8, 4) is 12.3 Å². The van der Waals surface area contributed by atoms with Crippen LogP contribution in [-0.4, -0.2) is 76.3 Å². The average molecular weight is 599 g/mol. The van der Waals surface area contributed by atoms with Gasteiger partial charge in [-0.15, -0.1) is 12.3 Å². The summed E-state index contributed by atoms with van der Waals surface area (Å²) in [5, 5.41) is 5.49. The second-order valence-electron chi connectivity index (χ2n) is 8.83. The molecule has 0 spiro atoms. The van der Waals surface area contributed by atoms with Crippen molar-refractivity contribution in [2.45, 2.75) is 81.2 Å². The summed E-state index contributed by atoms with van der Waals surface area (Å²) < 4.78 is 22.5. The Bertz CT molecular complexity index is 1050. The predicted molar refractivity (Wildman–Crippen MR) is 148 cm³/mol. The lowest BCUT2D eigenvalue weighted by atomic mass is 9.97. The van der Waals surface area contributed by atoms with Gasteiger partial charge in [-0.2, -0.15) is 0 Å². The van der Waals surface area contributed by atoms with Crippen LogP contribution in [0, 0.1) is 12.3 Å². The van der Waals surface area contributed by atoms with E-state index in [0.717, 1.165) is 24.6 Å². The molecular weight excluding hydrogens is 563 g/mol. The lowest BCUT2D eigenvalue weighted by Gasteiger charge is -2.44. The number of unbranched alkanes of at least 4 members (excludes halogenated alkanes) is 2. The third-order valence-electron chi connectivity index (χ3n) is 5.51. The standard InChI is InChI=1S/C26H35N2O10PS/c1-5-6-7-8-14-27-26(32)28-19-9-11-20(12-10-19)40-25-24(37-18(4)31)23(36-17(3)30)22(35-16(2)29)21(38-25)13-15-39(33)34/h1,9-12,21-25,33-34H,6-8,13-15H2,2-4H3,(H2,27,28,32)/t21-,22-,23+,24+,25+/m1/s1. The fourth-order valence-electron chi connectivity index (χ4n) is 3.91. The number of hydrogen-bond donors (Lipinski definition) is 4. The van der Waals surface area contributed by atoms with Crippen molar-refractivity contribution in [3.05, 3.63) is 24.3 Å². The van der Waals surface area contributed by atoms with E-state index in [1.807, 2.05) is 0 Å². The average Bonchev–Trinajstić information content (AvgIpc) is 2.86. The molecule has 1 aliphatic heterocycles. The molecule has 0 unspecified atom stereocenters. The Hall–Kier alpha value is -2.88. The number of benzene rings is 1. The first-order chi connectivity index (χ1) is 19.0. The summed E-state index contributed by atoms with van der Waals surface area (Å²) in [4.78, 5) is 67.5. The van der Waals surface area contributed by atoms with Gasteiger partial charge in [0.15, 0.2) is 26.7 Å². The number of urea groups is 1. The van der Waals surface area contributed by atoms with Crippen molar-refractivity contribution >= 4 is 49.8 Å². The number of terminal acetylenes is 1. The van der Waals surface area contributed by atoms with Gasteiger partial charge in [-0.1, -0.05) is 11.8 Å². The van der Waals surface area contributed by atoms with Crippen LogP contribution in [0.2, 0.25) is 0 Å². The third kappa shape index (κ3) is 11.7. The lowest BCUT2D eigenvalue weighted by molar-refractivity contribution is -0.232. The molecule has 2 amide bonds. The number of carbonyl (C=O) groups excluding carboxylic acids is 4. The number of esters is 3. The number of ether oxygens (including phenoxy) is 4. The number of nitrogens with one attached hydrogen (secondary N) is 2. The molecule has 40 heavy (non-hydrogen) atoms. The molecular formula is C26H35N2O10PS. The quantitative estimate of drug-likeness (QED) is 0.0866. The monoisotopic (exact) mass is 598 g/mol. The van der Waals surface area contributed by atoms with Gasteiger partial charge in [-0.05, 0) is 43.5 Å². The van der Waals surface area contributed by atoms with Crippen LogP contribution in [0.3, 0.4) is 0 Å². The molecule has 4 N–H and O–H groups in total. The van der Waals surface area contributed by atoms with Crippen LogP contribution in [0.1, 0.15) is 46.5 Å². The van der Waals surface area contributed by atoms with Gasteiger partial charge >= 0.3 is 23.9 Å². The number of hydrogen-bond acceptors (Lipinski definition) is 11. The number of thioether (sulfide) groups is 1. The largest absolute Gasteiger partial charge is 0.456 e. The molecule has 220 valence electrons. The zero-order valence-electron chi connectivity index (χ0n) is 22.5. The Morgan fingerprint density at radius 2 is 1.57 bits per heavy atom. The van der Waals surface area contributed by atoms with E-state index in [-0.39, 0.29) is 18.6 Å². The van der Waals surface area contributed by atoms with Gasteiger partial charge < -0.3 is 39.4 Å². The zero-order valence-corrected chi connectivity index (χ0v) is 24.2. The normalized spacial score (nSPS) is 22.1. The fourth-order valence-corrected chi connectivity index (χ4v) is 5.49. The summed E-state index contributed by atoms with van der Waals surface area (Å²) >= 11 is 1.16. The van der Waals surface area contributed by atoms with Crippen LogP contribution >= 0.6 is 20.1 Å². The van der Waals surface area contributed by atoms with E-state index in [4.69, 9.17) is 25.4 Å². The van der Waals surface area contributed by atoms with Crippen LogP contribution < -0.4 is 10.6 Å². The summed E-state index contributed by atoms with van der Waals surface area (Å²) in [5.74, 6) is 0.503. The Labute approximate surface area is 238 Å². The van der Waals surface area contributed by atoms with Gasteiger partial charge in [0.1, 0.15) is 11.5 Å². The SMILES string of the molecule is C#CCCCCNC(=O)Nc1ccc(S[C@@H]2O[C@H](CCP(O)O)[C@@H](OC(C)=O)[C@H](OC(C)=O)[C@@H]2OC(C)=O)cc1. The van der Waals surface area contributed by atoms with Crippen molar-refractivity contribution < 1.29 is 47.9 Å². The minimum Gasteiger partial charge on any atom is -0.456 e. The summed E-state index contributed by atoms with van der Waals surface area (Å²) in [5.41, 5.74) is -0.379. The first kappa shape index (κ1) is 33.3. The Kier molecular flexibility index (Phi) is 14.2. The molecule has 5 atom stereocenters. The molecule has 0 aliphatic carbocycles. The fraction of sp³-hybridized carbons (Fsp3) is 0.538. The highest BCUT2D eigenvalue weighted by atomic mass is 32.2. The summed E-state index contributed by atoms with van der Waals surface area (Å²) in [6.45, 7) is 4.02. The highest BCUT2D eigenvalue weighted by molar-refractivity contribution is 7.99. The number of amides is 2. The van der Waals surface area contributed by atoms with E-state index in [2.05, 4.69) is 16.6 Å². The Morgan fingerprint density at radius 1 is 0.975 bits per heavy atom. The first-order valence-corrected chi connectivity index (χ1v) is 14.9. The second kappa shape index (κ2) is 17.0. The molecule has 1 saturated heterocycles. The van der Waals surface area contributed by atoms with E-state index in [9.17, 15) is 29.0 Å². The molecule has 1 heterocycles. The van der Waals surface area contributed by atoms with Crippen molar-refractivity contribution in [3.63, 3.8) is 0 Å². The summed E-state index contributed by atoms with van der Waals surface area (Å²) in [7, 11) is -2.27. The molecule has 1 fully saturated rings. The predicted octanol–water partition coefficient (Wildman–Crippen LogP) is 2.91. The van der Waals surface area contributed by atoms with E-state index in [1.54, 1.807) is 24.3 Å². The van der Waals surface area contributed by atoms with Crippen molar-refractivity contribution in [1.29, 1.82) is 0 Å². The van der Waals surface area contributed by atoms with Gasteiger partial charge in [-0.25, -0.2) is 4.79 Å². The van der Waals surface area contributed by atoms with Gasteiger partial charge in [0.2, 0.25) is 0 Å². The van der Waals surface area contributed by atoms with E-state index in [0.29, 0.717) is 23.5 Å². The minimum atomic E-state index is -2.27. The van der Waals surface area contributed by atoms with E-state index < -0.39 is 56.1 Å². The molecule has 1 aliphatic rings. The molecule has 14 heteroatoms. The molecule has 0 radical (unpaired) electrons. The highest BCUT2D eigenvalue weighted by Crippen LogP contribution is 2.39. The van der Waals surface area contributed by atoms with Crippen LogP contribution in [-0.2, 0) is 33.3 Å². The van der Waals surface area contributed by atoms with Gasteiger partial charge in [0, 0.05) is 50.5 Å². The van der Waals surface area contributed by atoms with Crippen molar-refractivity contribution in [2.24, 2.45) is 0 Å². The van der Waals surface area contributed by atoms with E-state index in [1.165, 1.54) is 20.8 Å². The van der Waals surface area contributed by atoms with Crippen molar-refractivity contribution in [2.75, 3.05) is 18.0 Å². The molecule has 0 saturated carbocycles. The maximum absolute atomic E-state index is 12.1. The summed E-state index contributed by atoms with van der Waals surface area (Å²) in [6, 6.07) is 6.43. The topological polar surface area (TPSA) is 170 Å². The molecule has 1 aromatic carbocycles. The van der Waals surface area contributed by atoms with Crippen LogP contribution in [0.4, 0.5) is 10.5 Å². The number of carbonyl (C=O) groups is 4. The number of anilines is 1. The van der Waals surface area contributed by atoms with Gasteiger partial charge in [-0.3, -0.25) is 14.4 Å². The smallest absolute Gasteiger partial charge is 0.319 e. The molecule has 0 aromatic heterocycles. The maximum Gasteiger partial charge on any atom is 0.319 e. The number of rotatable bonds is 13. The van der Waals surface area contributed by atoms with Crippen LogP contribution in [0.15, 0.2) is 29.2 Å². The first-order valence-electron chi connectivity index (χ1n) is 12.6. The Morgan fingerprint density at radius 3 is 2.15 bits per heavy atom. The molecule has 2 rings (SSSR count). The maximum atomic E-state index is 12.1. The lowest BCUT2D eigenvalue weighted by Crippen LogP contribution is -2.60. The van der Waals surface area contributed by atoms with Crippen molar-refractivity contribution in [1.82, 2.24) is 5.32 Å². The van der Waals surface area contributed by atoms with Crippen LogP contribution in [0.25, 0.3) is 0 Å². The minimum absolute atomic E-state index is 0.0491. The summed E-state index contributed by atoms with van der Waals surface area (Å²) in [6.07, 6.45) is 3.06. The van der Waals surface area contributed by atoms with E-state index >= 15 is 0 Å². The van der Waals surface area contributed by atoms with Gasteiger partial charge in [0.25, 0.3) is 0 Å². The molecule has 12 nitrogen and oxygen atoms in total. The van der Waals surface area contributed by atoms with Crippen LogP contribution in [0.5, 0.6) is 0 Å². The third-order valence-corrected chi connectivity index (χ3v) is 7.32.